The second kappa shape index (κ2) is 6.23. The lowest BCUT2D eigenvalue weighted by Crippen LogP contribution is -2.07. The smallest absolute Gasteiger partial charge is 0.334 e. The van der Waals surface area contributed by atoms with Crippen molar-refractivity contribution in [3.63, 3.8) is 0 Å². The first-order chi connectivity index (χ1) is 5.65. The molecule has 0 heterocycles. The van der Waals surface area contributed by atoms with Gasteiger partial charge in [0.05, 0.1) is 7.11 Å². The van der Waals surface area contributed by atoms with Crippen LogP contribution in [0.3, 0.4) is 0 Å². The zero-order valence-electron chi connectivity index (χ0n) is 7.76. The summed E-state index contributed by atoms with van der Waals surface area (Å²) in [6.07, 6.45) is 2.98. The first-order valence-corrected chi connectivity index (χ1v) is 5.12. The molecule has 0 aromatic carbocycles. The van der Waals surface area contributed by atoms with Crippen LogP contribution in [0.2, 0.25) is 0 Å². The van der Waals surface area contributed by atoms with Crippen molar-refractivity contribution in [2.45, 2.75) is 20.3 Å². The molecule has 0 aliphatic carbocycles. The molecule has 0 rings (SSSR count). The molecule has 0 saturated heterocycles. The van der Waals surface area contributed by atoms with Gasteiger partial charge >= 0.3 is 5.97 Å². The van der Waals surface area contributed by atoms with Crippen LogP contribution in [-0.2, 0) is 9.53 Å². The van der Waals surface area contributed by atoms with Crippen molar-refractivity contribution in [3.05, 3.63) is 11.6 Å². The highest BCUT2D eigenvalue weighted by molar-refractivity contribution is 9.09. The van der Waals surface area contributed by atoms with Gasteiger partial charge < -0.3 is 4.74 Å². The van der Waals surface area contributed by atoms with Gasteiger partial charge in [-0.3, -0.25) is 0 Å². The van der Waals surface area contributed by atoms with Gasteiger partial charge in [0.15, 0.2) is 0 Å². The highest BCUT2D eigenvalue weighted by atomic mass is 79.9. The Morgan fingerprint density at radius 1 is 1.67 bits per heavy atom. The topological polar surface area (TPSA) is 26.3 Å². The van der Waals surface area contributed by atoms with Crippen LogP contribution in [0.15, 0.2) is 11.6 Å². The number of allylic oxidation sites excluding steroid dienone is 1. The lowest BCUT2D eigenvalue weighted by Gasteiger charge is -2.05. The number of methoxy groups -OCH3 is 1. The Labute approximate surface area is 82.1 Å². The van der Waals surface area contributed by atoms with Crippen molar-refractivity contribution in [2.24, 2.45) is 5.92 Å². The second-order valence-corrected chi connectivity index (χ2v) is 3.26. The van der Waals surface area contributed by atoms with Gasteiger partial charge in [-0.1, -0.05) is 42.3 Å². The fraction of sp³-hybridized carbons (Fsp3) is 0.667. The van der Waals surface area contributed by atoms with Gasteiger partial charge in [0, 0.05) is 10.9 Å². The zero-order valence-corrected chi connectivity index (χ0v) is 9.35. The number of alkyl halides is 1. The van der Waals surface area contributed by atoms with E-state index in [-0.39, 0.29) is 5.97 Å². The molecule has 0 fully saturated rings. The molecule has 0 aliphatic heterocycles. The third kappa shape index (κ3) is 3.90. The molecule has 3 heteroatoms. The summed E-state index contributed by atoms with van der Waals surface area (Å²) in [4.78, 5) is 11.1. The highest BCUT2D eigenvalue weighted by Gasteiger charge is 2.08. The van der Waals surface area contributed by atoms with E-state index < -0.39 is 0 Å². The van der Waals surface area contributed by atoms with Gasteiger partial charge in [-0.15, -0.1) is 0 Å². The highest BCUT2D eigenvalue weighted by Crippen LogP contribution is 2.10. The van der Waals surface area contributed by atoms with E-state index in [0.717, 1.165) is 6.42 Å². The van der Waals surface area contributed by atoms with Crippen LogP contribution in [0.4, 0.5) is 0 Å². The Kier molecular flexibility index (Phi) is 6.07. The number of ether oxygens (including phenoxy) is 1. The summed E-state index contributed by atoms with van der Waals surface area (Å²) in [5.74, 6) is 0.184. The van der Waals surface area contributed by atoms with Crippen molar-refractivity contribution in [2.75, 3.05) is 12.4 Å². The van der Waals surface area contributed by atoms with E-state index in [4.69, 9.17) is 0 Å². The van der Waals surface area contributed by atoms with Crippen molar-refractivity contribution >= 4 is 21.9 Å². The summed E-state index contributed by atoms with van der Waals surface area (Å²) in [6.45, 7) is 4.16. The minimum Gasteiger partial charge on any atom is -0.466 e. The fourth-order valence-electron chi connectivity index (χ4n) is 0.760. The number of rotatable bonds is 4. The molecule has 12 heavy (non-hydrogen) atoms. The number of carbonyl (C=O) groups is 1. The molecular weight excluding hydrogens is 220 g/mol. The van der Waals surface area contributed by atoms with Crippen LogP contribution in [0.1, 0.15) is 20.3 Å². The summed E-state index contributed by atoms with van der Waals surface area (Å²) >= 11 is 3.25. The van der Waals surface area contributed by atoms with E-state index in [0.29, 0.717) is 16.8 Å². The quantitative estimate of drug-likeness (QED) is 0.425. The van der Waals surface area contributed by atoms with E-state index >= 15 is 0 Å². The Bertz CT molecular complexity index is 175. The molecule has 0 spiro atoms. The standard InChI is InChI=1S/C9H15BrO2/c1-4-7(2)5-8(6-10)9(11)12-3/h5,7H,4,6H2,1-3H3/b8-5-. The predicted molar refractivity (Wildman–Crippen MR) is 53.3 cm³/mol. The number of esters is 1. The minimum absolute atomic E-state index is 0.243. The maximum atomic E-state index is 11.1. The Hall–Kier alpha value is -0.310. The number of carbonyl (C=O) groups excluding carboxylic acids is 1. The molecule has 1 atom stereocenters. The average molecular weight is 235 g/mol. The Balaban J connectivity index is 4.32. The van der Waals surface area contributed by atoms with Gasteiger partial charge in [0.1, 0.15) is 0 Å². The molecule has 0 bridgehead atoms. The fourth-order valence-corrected chi connectivity index (χ4v) is 1.18. The number of hydrogen-bond donors (Lipinski definition) is 0. The maximum Gasteiger partial charge on any atom is 0.334 e. The van der Waals surface area contributed by atoms with Gasteiger partial charge in [-0.2, -0.15) is 0 Å². The third-order valence-corrected chi connectivity index (χ3v) is 2.33. The second-order valence-electron chi connectivity index (χ2n) is 2.70. The van der Waals surface area contributed by atoms with E-state index in [2.05, 4.69) is 34.5 Å². The molecule has 0 amide bonds. The lowest BCUT2D eigenvalue weighted by atomic mass is 10.1. The Morgan fingerprint density at radius 2 is 2.25 bits per heavy atom. The summed E-state index contributed by atoms with van der Waals surface area (Å²) in [6, 6.07) is 0. The zero-order chi connectivity index (χ0) is 9.56. The first-order valence-electron chi connectivity index (χ1n) is 4.00. The summed E-state index contributed by atoms with van der Waals surface area (Å²) in [5, 5.41) is 0.560. The van der Waals surface area contributed by atoms with Crippen LogP contribution >= 0.6 is 15.9 Å². The van der Waals surface area contributed by atoms with Gasteiger partial charge in [-0.05, 0) is 5.92 Å². The molecule has 0 aliphatic rings. The monoisotopic (exact) mass is 234 g/mol. The summed E-state index contributed by atoms with van der Waals surface area (Å²) in [5.41, 5.74) is 0.701. The van der Waals surface area contributed by atoms with E-state index in [1.807, 2.05) is 6.08 Å². The van der Waals surface area contributed by atoms with Gasteiger partial charge in [0.2, 0.25) is 0 Å². The minimum atomic E-state index is -0.243. The number of halogens is 1. The molecule has 0 aromatic heterocycles. The molecule has 0 aromatic rings. The molecular formula is C9H15BrO2. The molecule has 2 nitrogen and oxygen atoms in total. The molecule has 0 radical (unpaired) electrons. The first kappa shape index (κ1) is 11.7. The van der Waals surface area contributed by atoms with Gasteiger partial charge in [0.25, 0.3) is 0 Å². The largest absolute Gasteiger partial charge is 0.466 e. The van der Waals surface area contributed by atoms with Crippen LogP contribution in [-0.4, -0.2) is 18.4 Å². The van der Waals surface area contributed by atoms with E-state index in [1.165, 1.54) is 7.11 Å². The summed E-state index contributed by atoms with van der Waals surface area (Å²) in [7, 11) is 1.40. The average Bonchev–Trinajstić information content (AvgIpc) is 2.12. The SMILES string of the molecule is CCC(C)/C=C(/CBr)C(=O)OC. The maximum absolute atomic E-state index is 11.1. The summed E-state index contributed by atoms with van der Waals surface area (Å²) < 4.78 is 4.61. The third-order valence-electron chi connectivity index (χ3n) is 1.72. The number of hydrogen-bond acceptors (Lipinski definition) is 2. The normalized spacial score (nSPS) is 14.2. The molecule has 0 N–H and O–H groups in total. The lowest BCUT2D eigenvalue weighted by molar-refractivity contribution is -0.136. The van der Waals surface area contributed by atoms with Crippen LogP contribution in [0, 0.1) is 5.92 Å². The van der Waals surface area contributed by atoms with Crippen LogP contribution < -0.4 is 0 Å². The van der Waals surface area contributed by atoms with E-state index in [1.54, 1.807) is 0 Å². The molecule has 0 saturated carbocycles. The molecule has 1 unspecified atom stereocenters. The van der Waals surface area contributed by atoms with Crippen molar-refractivity contribution in [1.29, 1.82) is 0 Å². The van der Waals surface area contributed by atoms with Gasteiger partial charge in [-0.25, -0.2) is 4.79 Å². The van der Waals surface area contributed by atoms with Crippen LogP contribution in [0.25, 0.3) is 0 Å². The predicted octanol–water partition coefficient (Wildman–Crippen LogP) is 2.53. The van der Waals surface area contributed by atoms with E-state index in [9.17, 15) is 4.79 Å². The van der Waals surface area contributed by atoms with Crippen molar-refractivity contribution in [3.8, 4) is 0 Å². The molecule has 70 valence electrons. The van der Waals surface area contributed by atoms with Crippen LogP contribution in [0.5, 0.6) is 0 Å². The van der Waals surface area contributed by atoms with Crippen molar-refractivity contribution < 1.29 is 9.53 Å². The van der Waals surface area contributed by atoms with Crippen molar-refractivity contribution in [1.82, 2.24) is 0 Å². The Morgan fingerprint density at radius 3 is 2.58 bits per heavy atom.